The number of nitrogens with zero attached hydrogens (tertiary/aromatic N) is 4. The Morgan fingerprint density at radius 3 is 2.72 bits per heavy atom. The van der Waals surface area contributed by atoms with Crippen molar-refractivity contribution in [1.29, 1.82) is 0 Å². The minimum absolute atomic E-state index is 0.0129. The molecule has 3 fully saturated rings. The van der Waals surface area contributed by atoms with Gasteiger partial charge < -0.3 is 20.1 Å². The van der Waals surface area contributed by atoms with E-state index >= 15 is 0 Å². The van der Waals surface area contributed by atoms with Crippen LogP contribution in [0.5, 0.6) is 5.75 Å². The molecule has 0 bridgehead atoms. The van der Waals surface area contributed by atoms with Gasteiger partial charge in [0.2, 0.25) is 11.8 Å². The molecule has 2 aromatic rings. The molecule has 3 aliphatic rings. The third-order valence-electron chi connectivity index (χ3n) is 7.42. The summed E-state index contributed by atoms with van der Waals surface area (Å²) in [4.78, 5) is 28.7. The van der Waals surface area contributed by atoms with Gasteiger partial charge in [0.1, 0.15) is 17.8 Å². The highest BCUT2D eigenvalue weighted by atomic mass is 16.5. The molecular weight excluding hydrogens is 458 g/mol. The van der Waals surface area contributed by atoms with Gasteiger partial charge in [0.15, 0.2) is 0 Å². The standard InChI is InChI=1S/C27H37N5O4/c1-5-36-19-8-6-7-17(11-19)20-13-21(20)28-25(34)23-12-18(33)14-31(23)26(35)24(27(2,3)4)32-15-22(29-30-32)16-9-10-16/h6-8,11,15-16,18,20-21,23-24,33H,5,9-10,12-14H2,1-4H3,(H,28,34)/t18-,20+,21-,23+,24-/m1/s1. The number of hydrogen-bond acceptors (Lipinski definition) is 6. The van der Waals surface area contributed by atoms with Gasteiger partial charge in [0, 0.05) is 37.0 Å². The molecule has 0 radical (unpaired) electrons. The Bertz CT molecular complexity index is 1120. The van der Waals surface area contributed by atoms with Gasteiger partial charge in [-0.1, -0.05) is 38.1 Å². The molecule has 5 atom stereocenters. The molecule has 1 aromatic carbocycles. The molecule has 2 aliphatic carbocycles. The number of likely N-dealkylation sites (tertiary alicyclic amines) is 1. The molecule has 2 heterocycles. The van der Waals surface area contributed by atoms with Gasteiger partial charge in [-0.2, -0.15) is 0 Å². The molecule has 2 saturated carbocycles. The summed E-state index contributed by atoms with van der Waals surface area (Å²) in [6.45, 7) is 8.66. The minimum atomic E-state index is -0.735. The van der Waals surface area contributed by atoms with Crippen molar-refractivity contribution < 1.29 is 19.4 Å². The summed E-state index contributed by atoms with van der Waals surface area (Å²) < 4.78 is 7.26. The number of carbonyl (C=O) groups excluding carboxylic acids is 2. The Balaban J connectivity index is 1.28. The Labute approximate surface area is 212 Å². The lowest BCUT2D eigenvalue weighted by molar-refractivity contribution is -0.144. The molecule has 1 saturated heterocycles. The molecule has 194 valence electrons. The predicted molar refractivity (Wildman–Crippen MR) is 134 cm³/mol. The summed E-state index contributed by atoms with van der Waals surface area (Å²) in [6.07, 6.45) is 4.42. The van der Waals surface area contributed by atoms with Crippen molar-refractivity contribution in [2.45, 2.75) is 89.4 Å². The van der Waals surface area contributed by atoms with Crippen LogP contribution < -0.4 is 10.1 Å². The topological polar surface area (TPSA) is 110 Å². The van der Waals surface area contributed by atoms with Crippen molar-refractivity contribution >= 4 is 11.8 Å². The number of carbonyl (C=O) groups is 2. The third kappa shape index (κ3) is 5.12. The van der Waals surface area contributed by atoms with E-state index in [-0.39, 0.29) is 36.7 Å². The van der Waals surface area contributed by atoms with Crippen LogP contribution in [-0.2, 0) is 9.59 Å². The molecule has 36 heavy (non-hydrogen) atoms. The zero-order valence-corrected chi connectivity index (χ0v) is 21.6. The second-order valence-corrected chi connectivity index (χ2v) is 11.5. The highest BCUT2D eigenvalue weighted by Crippen LogP contribution is 2.43. The quantitative estimate of drug-likeness (QED) is 0.583. The van der Waals surface area contributed by atoms with Crippen molar-refractivity contribution in [2.24, 2.45) is 5.41 Å². The molecule has 9 nitrogen and oxygen atoms in total. The normalized spacial score (nSPS) is 26.5. The maximum absolute atomic E-state index is 13.9. The highest BCUT2D eigenvalue weighted by molar-refractivity contribution is 5.90. The maximum atomic E-state index is 13.9. The summed E-state index contributed by atoms with van der Waals surface area (Å²) in [5.74, 6) is 1.07. The summed E-state index contributed by atoms with van der Waals surface area (Å²) in [6, 6.07) is 6.66. The predicted octanol–water partition coefficient (Wildman–Crippen LogP) is 2.78. The lowest BCUT2D eigenvalue weighted by atomic mass is 9.85. The molecule has 1 aromatic heterocycles. The van der Waals surface area contributed by atoms with Crippen molar-refractivity contribution in [3.63, 3.8) is 0 Å². The molecule has 5 rings (SSSR count). The average molecular weight is 496 g/mol. The van der Waals surface area contributed by atoms with Gasteiger partial charge in [-0.15, -0.1) is 5.10 Å². The number of rotatable bonds is 8. The first kappa shape index (κ1) is 24.7. The number of hydrogen-bond donors (Lipinski definition) is 2. The van der Waals surface area contributed by atoms with Crippen molar-refractivity contribution in [2.75, 3.05) is 13.2 Å². The Morgan fingerprint density at radius 1 is 1.25 bits per heavy atom. The van der Waals surface area contributed by atoms with Crippen LogP contribution in [-0.4, -0.2) is 68.2 Å². The number of nitrogens with one attached hydrogen (secondary N) is 1. The van der Waals surface area contributed by atoms with Crippen molar-refractivity contribution in [3.8, 4) is 5.75 Å². The number of aliphatic hydroxyl groups excluding tert-OH is 1. The van der Waals surface area contributed by atoms with Crippen molar-refractivity contribution in [1.82, 2.24) is 25.2 Å². The molecule has 9 heteroatoms. The summed E-state index contributed by atoms with van der Waals surface area (Å²) >= 11 is 0. The fourth-order valence-electron chi connectivity index (χ4n) is 5.33. The summed E-state index contributed by atoms with van der Waals surface area (Å²) in [7, 11) is 0. The van der Waals surface area contributed by atoms with Crippen LogP contribution in [0.4, 0.5) is 0 Å². The molecule has 1 aliphatic heterocycles. The van der Waals surface area contributed by atoms with E-state index in [1.807, 2.05) is 52.1 Å². The van der Waals surface area contributed by atoms with Gasteiger partial charge in [-0.05, 0) is 49.3 Å². The van der Waals surface area contributed by atoms with Crippen LogP contribution in [0.1, 0.15) is 82.5 Å². The lowest BCUT2D eigenvalue weighted by Gasteiger charge is -2.34. The number of aromatic nitrogens is 3. The number of aliphatic hydroxyl groups is 1. The molecule has 2 N–H and O–H groups in total. The number of benzene rings is 1. The largest absolute Gasteiger partial charge is 0.494 e. The van der Waals surface area contributed by atoms with Gasteiger partial charge in [-0.25, -0.2) is 4.68 Å². The van der Waals surface area contributed by atoms with Gasteiger partial charge in [-0.3, -0.25) is 9.59 Å². The summed E-state index contributed by atoms with van der Waals surface area (Å²) in [5, 5.41) is 22.2. The zero-order valence-electron chi connectivity index (χ0n) is 21.6. The van der Waals surface area contributed by atoms with E-state index in [2.05, 4.69) is 21.7 Å². The number of β-amino-alcohol motifs (C(OH)–C–C–N with tert-alkyl or cyclic N) is 1. The van der Waals surface area contributed by atoms with Gasteiger partial charge in [0.05, 0.1) is 18.4 Å². The Morgan fingerprint density at radius 2 is 2.03 bits per heavy atom. The molecule has 2 amide bonds. The van der Waals surface area contributed by atoms with E-state index in [0.29, 0.717) is 12.5 Å². The third-order valence-corrected chi connectivity index (χ3v) is 7.42. The lowest BCUT2D eigenvalue weighted by Crippen LogP contribution is -2.50. The van der Waals surface area contributed by atoms with Crippen LogP contribution in [0.2, 0.25) is 0 Å². The summed E-state index contributed by atoms with van der Waals surface area (Å²) in [5.41, 5.74) is 1.60. The Kier molecular flexibility index (Phi) is 6.53. The second kappa shape index (κ2) is 9.50. The molecular formula is C27H37N5O4. The van der Waals surface area contributed by atoms with Crippen LogP contribution in [0.15, 0.2) is 30.5 Å². The van der Waals surface area contributed by atoms with E-state index in [9.17, 15) is 14.7 Å². The van der Waals surface area contributed by atoms with Gasteiger partial charge in [0.25, 0.3) is 0 Å². The first-order valence-electron chi connectivity index (χ1n) is 13.1. The first-order chi connectivity index (χ1) is 17.2. The van der Waals surface area contributed by atoms with E-state index in [1.165, 1.54) is 0 Å². The van der Waals surface area contributed by atoms with Crippen LogP contribution in [0, 0.1) is 5.41 Å². The van der Waals surface area contributed by atoms with Gasteiger partial charge >= 0.3 is 0 Å². The second-order valence-electron chi connectivity index (χ2n) is 11.5. The van der Waals surface area contributed by atoms with E-state index in [0.717, 1.165) is 36.3 Å². The van der Waals surface area contributed by atoms with Crippen molar-refractivity contribution in [3.05, 3.63) is 41.7 Å². The Hall–Kier alpha value is -2.94. The van der Waals surface area contributed by atoms with E-state index < -0.39 is 23.6 Å². The number of amides is 2. The monoisotopic (exact) mass is 495 g/mol. The smallest absolute Gasteiger partial charge is 0.248 e. The fraction of sp³-hybridized carbons (Fsp3) is 0.630. The van der Waals surface area contributed by atoms with E-state index in [4.69, 9.17) is 4.74 Å². The number of ether oxygens (including phenoxy) is 1. The molecule has 0 unspecified atom stereocenters. The first-order valence-corrected chi connectivity index (χ1v) is 13.1. The SMILES string of the molecule is CCOc1cccc([C@@H]2C[C@H]2NC(=O)[C@@H]2C[C@@H](O)CN2C(=O)[C@@H](n2cc(C3CC3)nn2)C(C)(C)C)c1. The average Bonchev–Trinajstić information content (AvgIpc) is 3.72. The van der Waals surface area contributed by atoms with Crippen LogP contribution in [0.3, 0.4) is 0 Å². The maximum Gasteiger partial charge on any atom is 0.248 e. The highest BCUT2D eigenvalue weighted by Gasteiger charge is 2.47. The van der Waals surface area contributed by atoms with Crippen LogP contribution in [0.25, 0.3) is 0 Å². The fourth-order valence-corrected chi connectivity index (χ4v) is 5.33. The zero-order chi connectivity index (χ0) is 25.6. The molecule has 0 spiro atoms. The van der Waals surface area contributed by atoms with Crippen LogP contribution >= 0.6 is 0 Å². The van der Waals surface area contributed by atoms with E-state index in [1.54, 1.807) is 9.58 Å². The minimum Gasteiger partial charge on any atom is -0.494 e.